The van der Waals surface area contributed by atoms with E-state index in [1.807, 2.05) is 13.0 Å². The summed E-state index contributed by atoms with van der Waals surface area (Å²) in [5.41, 5.74) is 2.22. The van der Waals surface area contributed by atoms with E-state index in [0.29, 0.717) is 6.04 Å². The number of allylic oxidation sites excluding steroid dienone is 1. The van der Waals surface area contributed by atoms with Crippen molar-refractivity contribution in [2.24, 2.45) is 0 Å². The Kier molecular flexibility index (Phi) is 3.51. The van der Waals surface area contributed by atoms with Crippen LogP contribution in [0.15, 0.2) is 30.4 Å². The second kappa shape index (κ2) is 5.08. The minimum Gasteiger partial charge on any atom is -0.305 e. The Balaban J connectivity index is 1.87. The summed E-state index contributed by atoms with van der Waals surface area (Å²) >= 11 is 0. The van der Waals surface area contributed by atoms with Gasteiger partial charge in [0.1, 0.15) is 0 Å². The first-order valence-electron chi connectivity index (χ1n) is 5.67. The number of pyridine rings is 1. The molecule has 1 aromatic heterocycles. The molecule has 1 atom stereocenters. The van der Waals surface area contributed by atoms with Crippen LogP contribution in [0.25, 0.3) is 0 Å². The Hall–Kier alpha value is -1.15. The Morgan fingerprint density at radius 1 is 1.47 bits per heavy atom. The molecule has 1 aromatic rings. The average Bonchev–Trinajstić information content (AvgIpc) is 2.28. The van der Waals surface area contributed by atoms with E-state index in [0.717, 1.165) is 17.9 Å². The van der Waals surface area contributed by atoms with Gasteiger partial charge in [0.05, 0.1) is 5.69 Å². The van der Waals surface area contributed by atoms with Crippen LogP contribution in [0.3, 0.4) is 0 Å². The first kappa shape index (κ1) is 10.4. The maximum absolute atomic E-state index is 4.47. The smallest absolute Gasteiger partial charge is 0.0545 e. The molecule has 1 heterocycles. The molecule has 1 aliphatic carbocycles. The second-order valence-electron chi connectivity index (χ2n) is 4.12. The lowest BCUT2D eigenvalue weighted by Gasteiger charge is -2.17. The zero-order chi connectivity index (χ0) is 10.5. The summed E-state index contributed by atoms with van der Waals surface area (Å²) in [5.74, 6) is 0. The van der Waals surface area contributed by atoms with Crippen molar-refractivity contribution in [1.29, 1.82) is 0 Å². The number of hydrogen-bond acceptors (Lipinski definition) is 2. The van der Waals surface area contributed by atoms with Crippen LogP contribution in [0.4, 0.5) is 0 Å². The third-order valence-corrected chi connectivity index (χ3v) is 2.75. The van der Waals surface area contributed by atoms with Crippen LogP contribution in [0.2, 0.25) is 0 Å². The molecule has 0 saturated heterocycles. The molecule has 0 aromatic carbocycles. The molecule has 0 radical (unpaired) electrons. The van der Waals surface area contributed by atoms with Crippen molar-refractivity contribution < 1.29 is 0 Å². The second-order valence-corrected chi connectivity index (χ2v) is 4.12. The van der Waals surface area contributed by atoms with E-state index in [9.17, 15) is 0 Å². The molecule has 15 heavy (non-hydrogen) atoms. The Morgan fingerprint density at radius 3 is 3.13 bits per heavy atom. The number of rotatable bonds is 3. The van der Waals surface area contributed by atoms with Crippen molar-refractivity contribution in [3.63, 3.8) is 0 Å². The summed E-state index contributed by atoms with van der Waals surface area (Å²) in [6.07, 6.45) is 8.34. The fourth-order valence-corrected chi connectivity index (χ4v) is 1.92. The fraction of sp³-hybridized carbons (Fsp3) is 0.462. The first-order chi connectivity index (χ1) is 7.34. The summed E-state index contributed by atoms with van der Waals surface area (Å²) in [5, 5.41) is 3.52. The normalized spacial score (nSPS) is 20.5. The largest absolute Gasteiger partial charge is 0.305 e. The standard InChI is InChI=1S/C13H18N2/c1-11-6-5-9-13(15-11)10-14-12-7-3-2-4-8-12/h3,5-7,9,12,14H,2,4,8,10H2,1H3. The van der Waals surface area contributed by atoms with E-state index in [-0.39, 0.29) is 0 Å². The molecule has 0 spiro atoms. The van der Waals surface area contributed by atoms with Gasteiger partial charge in [-0.1, -0.05) is 18.2 Å². The highest BCUT2D eigenvalue weighted by molar-refractivity contribution is 5.10. The van der Waals surface area contributed by atoms with Crippen molar-refractivity contribution in [2.45, 2.75) is 38.8 Å². The van der Waals surface area contributed by atoms with E-state index in [1.54, 1.807) is 0 Å². The molecule has 1 N–H and O–H groups in total. The van der Waals surface area contributed by atoms with Crippen molar-refractivity contribution in [2.75, 3.05) is 0 Å². The Labute approximate surface area is 91.4 Å². The quantitative estimate of drug-likeness (QED) is 0.762. The summed E-state index contributed by atoms with van der Waals surface area (Å²) in [7, 11) is 0. The van der Waals surface area contributed by atoms with Crippen LogP contribution in [0.1, 0.15) is 30.7 Å². The van der Waals surface area contributed by atoms with Crippen molar-refractivity contribution in [1.82, 2.24) is 10.3 Å². The first-order valence-corrected chi connectivity index (χ1v) is 5.67. The summed E-state index contributed by atoms with van der Waals surface area (Å²) in [6, 6.07) is 6.72. The molecule has 0 saturated carbocycles. The predicted molar refractivity (Wildman–Crippen MR) is 62.6 cm³/mol. The van der Waals surface area contributed by atoms with Crippen LogP contribution >= 0.6 is 0 Å². The number of aryl methyl sites for hydroxylation is 1. The lowest BCUT2D eigenvalue weighted by Crippen LogP contribution is -2.28. The lowest BCUT2D eigenvalue weighted by atomic mass is 10.0. The molecular weight excluding hydrogens is 184 g/mol. The number of hydrogen-bond donors (Lipinski definition) is 1. The van der Waals surface area contributed by atoms with Gasteiger partial charge in [-0.25, -0.2) is 0 Å². The number of aromatic nitrogens is 1. The monoisotopic (exact) mass is 202 g/mol. The van der Waals surface area contributed by atoms with Crippen LogP contribution in [0.5, 0.6) is 0 Å². The Bertz CT molecular complexity index is 344. The summed E-state index contributed by atoms with van der Waals surface area (Å²) in [4.78, 5) is 4.47. The van der Waals surface area contributed by atoms with Gasteiger partial charge in [0.2, 0.25) is 0 Å². The maximum Gasteiger partial charge on any atom is 0.0545 e. The van der Waals surface area contributed by atoms with Crippen LogP contribution in [0, 0.1) is 6.92 Å². The van der Waals surface area contributed by atoms with Gasteiger partial charge in [-0.15, -0.1) is 0 Å². The van der Waals surface area contributed by atoms with Gasteiger partial charge < -0.3 is 5.32 Å². The minimum absolute atomic E-state index is 0.543. The highest BCUT2D eigenvalue weighted by Crippen LogP contribution is 2.10. The molecule has 0 bridgehead atoms. The molecule has 1 unspecified atom stereocenters. The third kappa shape index (κ3) is 3.17. The molecule has 0 aliphatic heterocycles. The van der Waals surface area contributed by atoms with E-state index < -0.39 is 0 Å². The van der Waals surface area contributed by atoms with Gasteiger partial charge in [-0.2, -0.15) is 0 Å². The van der Waals surface area contributed by atoms with E-state index in [1.165, 1.54) is 19.3 Å². The van der Waals surface area contributed by atoms with E-state index in [4.69, 9.17) is 0 Å². The van der Waals surface area contributed by atoms with Crippen molar-refractivity contribution in [3.8, 4) is 0 Å². The van der Waals surface area contributed by atoms with Crippen molar-refractivity contribution in [3.05, 3.63) is 41.7 Å². The fourth-order valence-electron chi connectivity index (χ4n) is 1.92. The molecule has 0 amide bonds. The third-order valence-electron chi connectivity index (χ3n) is 2.75. The minimum atomic E-state index is 0.543. The SMILES string of the molecule is Cc1cccc(CNC2C=CCCC2)n1. The summed E-state index contributed by atoms with van der Waals surface area (Å²) < 4.78 is 0. The van der Waals surface area contributed by atoms with Gasteiger partial charge in [0.25, 0.3) is 0 Å². The molecule has 2 rings (SSSR count). The average molecular weight is 202 g/mol. The van der Waals surface area contributed by atoms with Crippen LogP contribution in [-0.2, 0) is 6.54 Å². The number of nitrogens with one attached hydrogen (secondary N) is 1. The van der Waals surface area contributed by atoms with Gasteiger partial charge in [-0.3, -0.25) is 4.98 Å². The van der Waals surface area contributed by atoms with E-state index in [2.05, 4.69) is 34.6 Å². The topological polar surface area (TPSA) is 24.9 Å². The van der Waals surface area contributed by atoms with Crippen molar-refractivity contribution >= 4 is 0 Å². The van der Waals surface area contributed by atoms with Gasteiger partial charge in [0.15, 0.2) is 0 Å². The van der Waals surface area contributed by atoms with Gasteiger partial charge in [-0.05, 0) is 38.3 Å². The lowest BCUT2D eigenvalue weighted by molar-refractivity contribution is 0.518. The molecule has 80 valence electrons. The predicted octanol–water partition coefficient (Wildman–Crippen LogP) is 2.59. The highest BCUT2D eigenvalue weighted by atomic mass is 14.9. The van der Waals surface area contributed by atoms with Crippen LogP contribution < -0.4 is 5.32 Å². The maximum atomic E-state index is 4.47. The van der Waals surface area contributed by atoms with Crippen LogP contribution in [-0.4, -0.2) is 11.0 Å². The molecule has 2 nitrogen and oxygen atoms in total. The highest BCUT2D eigenvalue weighted by Gasteiger charge is 2.07. The van der Waals surface area contributed by atoms with Gasteiger partial charge in [0, 0.05) is 18.3 Å². The zero-order valence-corrected chi connectivity index (χ0v) is 9.24. The number of nitrogens with zero attached hydrogens (tertiary/aromatic N) is 1. The molecule has 2 heteroatoms. The zero-order valence-electron chi connectivity index (χ0n) is 9.24. The summed E-state index contributed by atoms with van der Waals surface area (Å²) in [6.45, 7) is 2.90. The molecular formula is C13H18N2. The molecule has 1 aliphatic rings. The van der Waals surface area contributed by atoms with Gasteiger partial charge >= 0.3 is 0 Å². The molecule has 0 fully saturated rings. The Morgan fingerprint density at radius 2 is 2.40 bits per heavy atom. The van der Waals surface area contributed by atoms with E-state index >= 15 is 0 Å².